The summed E-state index contributed by atoms with van der Waals surface area (Å²) in [6, 6.07) is 7.27. The molecule has 0 atom stereocenters. The lowest BCUT2D eigenvalue weighted by Crippen LogP contribution is -2.38. The first kappa shape index (κ1) is 14.9. The van der Waals surface area contributed by atoms with E-state index in [0.717, 1.165) is 3.57 Å². The number of hydrogen-bond acceptors (Lipinski definition) is 2. The van der Waals surface area contributed by atoms with Gasteiger partial charge >= 0.3 is 5.97 Å². The van der Waals surface area contributed by atoms with Crippen molar-refractivity contribution in [1.29, 1.82) is 0 Å². The summed E-state index contributed by atoms with van der Waals surface area (Å²) < 4.78 is 0.986. The van der Waals surface area contributed by atoms with Crippen molar-refractivity contribution in [1.82, 2.24) is 4.90 Å². The highest BCUT2D eigenvalue weighted by atomic mass is 127. The first-order valence-corrected chi connectivity index (χ1v) is 6.78. The van der Waals surface area contributed by atoms with Crippen molar-refractivity contribution in [2.24, 2.45) is 0 Å². The third-order valence-electron chi connectivity index (χ3n) is 2.52. The Bertz CT molecular complexity index is 446. The van der Waals surface area contributed by atoms with Crippen LogP contribution in [0.5, 0.6) is 0 Å². The predicted octanol–water partition coefficient (Wildman–Crippen LogP) is 2.62. The molecule has 0 aliphatic rings. The summed E-state index contributed by atoms with van der Waals surface area (Å²) >= 11 is 2.15. The van der Waals surface area contributed by atoms with E-state index < -0.39 is 5.97 Å². The molecule has 0 aliphatic heterocycles. The quantitative estimate of drug-likeness (QED) is 0.821. The molecule has 0 unspecified atom stereocenters. The first-order chi connectivity index (χ1) is 8.41. The van der Waals surface area contributed by atoms with Crippen molar-refractivity contribution in [3.8, 4) is 0 Å². The number of amides is 1. The van der Waals surface area contributed by atoms with Gasteiger partial charge in [-0.3, -0.25) is 9.59 Å². The summed E-state index contributed by atoms with van der Waals surface area (Å²) in [5.74, 6) is -1.01. The fourth-order valence-corrected chi connectivity index (χ4v) is 2.14. The standard InChI is InChI=1S/C13H16INO3/c1-9(2)15(7-6-12(16)17)13(18)10-4-3-5-11(14)8-10/h3-5,8-9H,6-7H2,1-2H3,(H,16,17). The molecule has 0 radical (unpaired) electrons. The van der Waals surface area contributed by atoms with Crippen LogP contribution in [-0.2, 0) is 4.79 Å². The van der Waals surface area contributed by atoms with E-state index in [9.17, 15) is 9.59 Å². The number of carbonyl (C=O) groups is 2. The van der Waals surface area contributed by atoms with E-state index in [1.807, 2.05) is 26.0 Å². The Kier molecular flexibility index (Phi) is 5.58. The number of nitrogens with zero attached hydrogens (tertiary/aromatic N) is 1. The summed E-state index contributed by atoms with van der Waals surface area (Å²) in [5, 5.41) is 8.70. The molecule has 5 heteroatoms. The molecule has 1 rings (SSSR count). The van der Waals surface area contributed by atoms with Crippen molar-refractivity contribution in [3.05, 3.63) is 33.4 Å². The lowest BCUT2D eigenvalue weighted by atomic mass is 10.1. The number of carbonyl (C=O) groups excluding carboxylic acids is 1. The number of aliphatic carboxylic acids is 1. The van der Waals surface area contributed by atoms with Crippen LogP contribution in [0.15, 0.2) is 24.3 Å². The van der Waals surface area contributed by atoms with Gasteiger partial charge in [-0.1, -0.05) is 6.07 Å². The Morgan fingerprint density at radius 3 is 2.56 bits per heavy atom. The highest BCUT2D eigenvalue weighted by Crippen LogP contribution is 2.12. The predicted molar refractivity (Wildman–Crippen MR) is 77.6 cm³/mol. The minimum absolute atomic E-state index is 0.0188. The molecule has 98 valence electrons. The smallest absolute Gasteiger partial charge is 0.305 e. The number of hydrogen-bond donors (Lipinski definition) is 1. The average molecular weight is 361 g/mol. The summed E-state index contributed by atoms with van der Waals surface area (Å²) in [6.45, 7) is 4.00. The molecule has 0 bridgehead atoms. The number of halogens is 1. The van der Waals surface area contributed by atoms with Crippen molar-refractivity contribution in [2.45, 2.75) is 26.3 Å². The van der Waals surface area contributed by atoms with Crippen LogP contribution in [0, 0.1) is 3.57 Å². The first-order valence-electron chi connectivity index (χ1n) is 5.70. The van der Waals surface area contributed by atoms with Crippen LogP contribution >= 0.6 is 22.6 Å². The van der Waals surface area contributed by atoms with Gasteiger partial charge in [-0.2, -0.15) is 0 Å². The molecule has 0 saturated heterocycles. The number of benzene rings is 1. The SMILES string of the molecule is CC(C)N(CCC(=O)O)C(=O)c1cccc(I)c1. The zero-order chi connectivity index (χ0) is 13.7. The molecular weight excluding hydrogens is 345 g/mol. The van der Waals surface area contributed by atoms with Crippen molar-refractivity contribution < 1.29 is 14.7 Å². The molecule has 0 fully saturated rings. The summed E-state index contributed by atoms with van der Waals surface area (Å²) in [4.78, 5) is 24.5. The van der Waals surface area contributed by atoms with Crippen LogP contribution < -0.4 is 0 Å². The van der Waals surface area contributed by atoms with Crippen molar-refractivity contribution in [2.75, 3.05) is 6.54 Å². The van der Waals surface area contributed by atoms with Gasteiger partial charge in [0.1, 0.15) is 0 Å². The fourth-order valence-electron chi connectivity index (χ4n) is 1.60. The molecule has 1 amide bonds. The molecule has 1 aromatic carbocycles. The van der Waals surface area contributed by atoms with Gasteiger partial charge in [-0.15, -0.1) is 0 Å². The topological polar surface area (TPSA) is 57.6 Å². The molecule has 4 nitrogen and oxygen atoms in total. The Balaban J connectivity index is 2.85. The van der Waals surface area contributed by atoms with Crippen LogP contribution in [0.1, 0.15) is 30.6 Å². The minimum atomic E-state index is -0.893. The fraction of sp³-hybridized carbons (Fsp3) is 0.385. The van der Waals surface area contributed by atoms with E-state index in [-0.39, 0.29) is 24.9 Å². The highest BCUT2D eigenvalue weighted by Gasteiger charge is 2.19. The van der Waals surface area contributed by atoms with Gasteiger partial charge in [0.05, 0.1) is 6.42 Å². The Hall–Kier alpha value is -1.11. The second-order valence-electron chi connectivity index (χ2n) is 4.25. The molecule has 0 saturated carbocycles. The van der Waals surface area contributed by atoms with Gasteiger partial charge in [0.2, 0.25) is 0 Å². The van der Waals surface area contributed by atoms with E-state index in [1.54, 1.807) is 17.0 Å². The number of rotatable bonds is 5. The van der Waals surface area contributed by atoms with Gasteiger partial charge in [-0.25, -0.2) is 0 Å². The molecule has 1 aromatic rings. The monoisotopic (exact) mass is 361 g/mol. The van der Waals surface area contributed by atoms with Crippen LogP contribution in [0.2, 0.25) is 0 Å². The third-order valence-corrected chi connectivity index (χ3v) is 3.19. The average Bonchev–Trinajstić information content (AvgIpc) is 2.28. The van der Waals surface area contributed by atoms with Gasteiger partial charge in [0.25, 0.3) is 5.91 Å². The summed E-state index contributed by atoms with van der Waals surface area (Å²) in [7, 11) is 0. The zero-order valence-electron chi connectivity index (χ0n) is 10.4. The van der Waals surface area contributed by atoms with Gasteiger partial charge in [0, 0.05) is 21.7 Å². The van der Waals surface area contributed by atoms with Gasteiger partial charge in [-0.05, 0) is 54.6 Å². The normalized spacial score (nSPS) is 10.4. The lowest BCUT2D eigenvalue weighted by molar-refractivity contribution is -0.137. The number of carboxylic acid groups (broad SMARTS) is 1. The molecule has 18 heavy (non-hydrogen) atoms. The lowest BCUT2D eigenvalue weighted by Gasteiger charge is -2.26. The van der Waals surface area contributed by atoms with Crippen molar-refractivity contribution >= 4 is 34.5 Å². The van der Waals surface area contributed by atoms with E-state index in [2.05, 4.69) is 22.6 Å². The maximum absolute atomic E-state index is 12.3. The molecule has 1 N–H and O–H groups in total. The zero-order valence-corrected chi connectivity index (χ0v) is 12.5. The van der Waals surface area contributed by atoms with Crippen LogP contribution in [-0.4, -0.2) is 34.5 Å². The minimum Gasteiger partial charge on any atom is -0.481 e. The van der Waals surface area contributed by atoms with E-state index >= 15 is 0 Å². The highest BCUT2D eigenvalue weighted by molar-refractivity contribution is 14.1. The largest absolute Gasteiger partial charge is 0.481 e. The Morgan fingerprint density at radius 2 is 2.06 bits per heavy atom. The maximum Gasteiger partial charge on any atom is 0.305 e. The summed E-state index contributed by atoms with van der Waals surface area (Å²) in [6.07, 6.45) is -0.0339. The van der Waals surface area contributed by atoms with E-state index in [4.69, 9.17) is 5.11 Å². The van der Waals surface area contributed by atoms with E-state index in [1.165, 1.54) is 0 Å². The second kappa shape index (κ2) is 6.72. The van der Waals surface area contributed by atoms with Crippen LogP contribution in [0.25, 0.3) is 0 Å². The van der Waals surface area contributed by atoms with Gasteiger partial charge < -0.3 is 10.0 Å². The molecule has 0 aliphatic carbocycles. The second-order valence-corrected chi connectivity index (χ2v) is 5.49. The van der Waals surface area contributed by atoms with Gasteiger partial charge in [0.15, 0.2) is 0 Å². The van der Waals surface area contributed by atoms with Crippen LogP contribution in [0.4, 0.5) is 0 Å². The summed E-state index contributed by atoms with van der Waals surface area (Å²) in [5.41, 5.74) is 0.598. The third kappa shape index (κ3) is 4.29. The number of carboxylic acids is 1. The van der Waals surface area contributed by atoms with E-state index in [0.29, 0.717) is 5.56 Å². The molecular formula is C13H16INO3. The maximum atomic E-state index is 12.3. The molecule has 0 spiro atoms. The van der Waals surface area contributed by atoms with Crippen LogP contribution in [0.3, 0.4) is 0 Å². The Labute approximate surface area is 120 Å². The molecule has 0 heterocycles. The Morgan fingerprint density at radius 1 is 1.39 bits per heavy atom. The van der Waals surface area contributed by atoms with Crippen molar-refractivity contribution in [3.63, 3.8) is 0 Å². The molecule has 0 aromatic heterocycles.